The fraction of sp³-hybridized carbons (Fsp3) is 0.172. The van der Waals surface area contributed by atoms with Gasteiger partial charge in [0.05, 0.1) is 17.0 Å². The molecule has 0 bridgehead atoms. The van der Waals surface area contributed by atoms with Crippen molar-refractivity contribution in [2.45, 2.75) is 26.1 Å². The standard InChI is InChI=1S/C27H24N4O2.C2HF3O2/c1-18(31-33-17-19-5-3-2-4-6-19)20-7-9-21(10-8-20)25-15-22(11-13-28-25)26-16-23-24(30-26)12-14-29-27(23)32;3-2(4,5)1(6)7/h2-11,13,15-16,30H,12,14,17H2,1H3,(H,29,32);(H,6,7)/b31-18+;. The van der Waals surface area contributed by atoms with Crippen molar-refractivity contribution in [3.63, 3.8) is 0 Å². The number of amides is 1. The Balaban J connectivity index is 0.000000470. The van der Waals surface area contributed by atoms with E-state index in [0.717, 1.165) is 57.0 Å². The lowest BCUT2D eigenvalue weighted by Gasteiger charge is -2.11. The SMILES string of the molecule is C/C(=N\OCc1ccccc1)c1ccc(-c2cc(-c3cc4c([nH]3)CCNC4=O)ccn2)cc1.O=C(O)C(F)(F)F. The molecule has 0 aliphatic carbocycles. The number of halogens is 3. The molecule has 0 unspecified atom stereocenters. The summed E-state index contributed by atoms with van der Waals surface area (Å²) < 4.78 is 31.7. The van der Waals surface area contributed by atoms with E-state index in [2.05, 4.69) is 20.4 Å². The number of carbonyl (C=O) groups is 2. The van der Waals surface area contributed by atoms with Gasteiger partial charge in [0.25, 0.3) is 5.91 Å². The van der Waals surface area contributed by atoms with E-state index in [1.807, 2.05) is 79.7 Å². The maximum absolute atomic E-state index is 12.1. The third kappa shape index (κ3) is 7.13. The van der Waals surface area contributed by atoms with Gasteiger partial charge in [-0.15, -0.1) is 0 Å². The second-order valence-corrected chi connectivity index (χ2v) is 8.83. The number of alkyl halides is 3. The van der Waals surface area contributed by atoms with Crippen LogP contribution in [0.2, 0.25) is 0 Å². The van der Waals surface area contributed by atoms with Gasteiger partial charge in [-0.25, -0.2) is 4.79 Å². The summed E-state index contributed by atoms with van der Waals surface area (Å²) in [5.74, 6) is -2.78. The van der Waals surface area contributed by atoms with Gasteiger partial charge in [-0.3, -0.25) is 9.78 Å². The largest absolute Gasteiger partial charge is 0.490 e. The van der Waals surface area contributed by atoms with Gasteiger partial charge in [-0.05, 0) is 36.2 Å². The number of oxime groups is 1. The van der Waals surface area contributed by atoms with Gasteiger partial charge in [0.1, 0.15) is 6.61 Å². The number of carboxylic acids is 1. The smallest absolute Gasteiger partial charge is 0.475 e. The normalized spacial score (nSPS) is 13.0. The summed E-state index contributed by atoms with van der Waals surface area (Å²) in [6, 6.07) is 24.0. The second kappa shape index (κ2) is 12.3. The number of benzene rings is 2. The van der Waals surface area contributed by atoms with Crippen LogP contribution < -0.4 is 5.32 Å². The van der Waals surface area contributed by atoms with Crippen LogP contribution >= 0.6 is 0 Å². The number of nitrogens with zero attached hydrogens (tertiary/aromatic N) is 2. The molecule has 4 aromatic rings. The number of pyridine rings is 1. The Morgan fingerprint density at radius 1 is 1.05 bits per heavy atom. The number of fused-ring (bicyclic) bond motifs is 1. The number of nitrogens with one attached hydrogen (secondary N) is 2. The Morgan fingerprint density at radius 3 is 2.40 bits per heavy atom. The number of hydrogen-bond acceptors (Lipinski definition) is 5. The number of carbonyl (C=O) groups excluding carboxylic acids is 1. The minimum absolute atomic E-state index is 0.0200. The molecule has 1 aliphatic heterocycles. The van der Waals surface area contributed by atoms with Crippen LogP contribution in [0.15, 0.2) is 84.1 Å². The molecule has 2 aromatic heterocycles. The minimum atomic E-state index is -5.08. The fourth-order valence-corrected chi connectivity index (χ4v) is 3.92. The third-order valence-corrected chi connectivity index (χ3v) is 5.99. The Bertz CT molecular complexity index is 1510. The number of hydrogen-bond donors (Lipinski definition) is 3. The Hall–Kier alpha value is -4.93. The zero-order valence-corrected chi connectivity index (χ0v) is 21.3. The van der Waals surface area contributed by atoms with Crippen molar-refractivity contribution < 1.29 is 32.7 Å². The van der Waals surface area contributed by atoms with Crippen LogP contribution in [-0.4, -0.2) is 45.4 Å². The van der Waals surface area contributed by atoms with Crippen molar-refractivity contribution in [1.29, 1.82) is 0 Å². The van der Waals surface area contributed by atoms with Gasteiger partial charge in [0, 0.05) is 41.7 Å². The van der Waals surface area contributed by atoms with Gasteiger partial charge in [-0.2, -0.15) is 13.2 Å². The predicted molar refractivity (Wildman–Crippen MR) is 143 cm³/mol. The number of aromatic nitrogens is 2. The first kappa shape index (κ1) is 28.1. The molecule has 2 aromatic carbocycles. The van der Waals surface area contributed by atoms with Crippen molar-refractivity contribution >= 4 is 17.6 Å². The predicted octanol–water partition coefficient (Wildman–Crippen LogP) is 5.60. The molecule has 0 fully saturated rings. The Kier molecular flexibility index (Phi) is 8.63. The molecule has 8 nitrogen and oxygen atoms in total. The quantitative estimate of drug-likeness (QED) is 0.213. The highest BCUT2D eigenvalue weighted by molar-refractivity contribution is 5.99. The van der Waals surface area contributed by atoms with Crippen LogP contribution in [0.25, 0.3) is 22.5 Å². The summed E-state index contributed by atoms with van der Waals surface area (Å²) >= 11 is 0. The van der Waals surface area contributed by atoms with Crippen molar-refractivity contribution in [1.82, 2.24) is 15.3 Å². The van der Waals surface area contributed by atoms with E-state index >= 15 is 0 Å². The van der Waals surface area contributed by atoms with Crippen LogP contribution in [0.1, 0.15) is 34.1 Å². The molecule has 0 saturated heterocycles. The molecule has 3 heterocycles. The topological polar surface area (TPSA) is 117 Å². The fourth-order valence-electron chi connectivity index (χ4n) is 3.92. The zero-order valence-electron chi connectivity index (χ0n) is 21.3. The minimum Gasteiger partial charge on any atom is -0.475 e. The molecule has 40 heavy (non-hydrogen) atoms. The second-order valence-electron chi connectivity index (χ2n) is 8.83. The van der Waals surface area contributed by atoms with Gasteiger partial charge in [-0.1, -0.05) is 59.8 Å². The summed E-state index contributed by atoms with van der Waals surface area (Å²) in [6.45, 7) is 3.04. The lowest BCUT2D eigenvalue weighted by atomic mass is 10.0. The van der Waals surface area contributed by atoms with Crippen LogP contribution in [0.5, 0.6) is 0 Å². The Labute approximate surface area is 227 Å². The molecule has 3 N–H and O–H groups in total. The average molecular weight is 551 g/mol. The molecule has 5 rings (SSSR count). The summed E-state index contributed by atoms with van der Waals surface area (Å²) in [5, 5.41) is 14.3. The van der Waals surface area contributed by atoms with Crippen molar-refractivity contribution in [2.24, 2.45) is 5.16 Å². The van der Waals surface area contributed by atoms with Gasteiger partial charge in [0.2, 0.25) is 0 Å². The number of H-pyrrole nitrogens is 1. The number of aromatic amines is 1. The highest BCUT2D eigenvalue weighted by Crippen LogP contribution is 2.27. The van der Waals surface area contributed by atoms with Crippen LogP contribution in [0.4, 0.5) is 13.2 Å². The summed E-state index contributed by atoms with van der Waals surface area (Å²) in [6.07, 6.45) is -2.47. The van der Waals surface area contributed by atoms with Crippen LogP contribution in [0, 0.1) is 0 Å². The van der Waals surface area contributed by atoms with Crippen LogP contribution in [0.3, 0.4) is 0 Å². The maximum Gasteiger partial charge on any atom is 0.490 e. The first-order valence-corrected chi connectivity index (χ1v) is 12.2. The Morgan fingerprint density at radius 2 is 1.75 bits per heavy atom. The molecular formula is C29H25F3N4O4. The average Bonchev–Trinajstić information content (AvgIpc) is 3.40. The van der Waals surface area contributed by atoms with E-state index in [9.17, 15) is 18.0 Å². The first-order valence-electron chi connectivity index (χ1n) is 12.2. The first-order chi connectivity index (χ1) is 19.1. The molecule has 0 atom stereocenters. The number of rotatable bonds is 6. The van der Waals surface area contributed by atoms with E-state index in [1.54, 1.807) is 6.20 Å². The zero-order chi connectivity index (χ0) is 28.7. The lowest BCUT2D eigenvalue weighted by molar-refractivity contribution is -0.192. The summed E-state index contributed by atoms with van der Waals surface area (Å²) in [7, 11) is 0. The molecule has 0 spiro atoms. The van der Waals surface area contributed by atoms with E-state index in [0.29, 0.717) is 13.2 Å². The van der Waals surface area contributed by atoms with Gasteiger partial charge < -0.3 is 20.2 Å². The maximum atomic E-state index is 12.1. The van der Waals surface area contributed by atoms with E-state index in [1.165, 1.54) is 0 Å². The molecule has 0 radical (unpaired) electrons. The monoisotopic (exact) mass is 550 g/mol. The van der Waals surface area contributed by atoms with Crippen molar-refractivity contribution in [2.75, 3.05) is 6.54 Å². The van der Waals surface area contributed by atoms with E-state index in [-0.39, 0.29) is 5.91 Å². The van der Waals surface area contributed by atoms with Gasteiger partial charge in [0.15, 0.2) is 0 Å². The molecule has 0 saturated carbocycles. The lowest BCUT2D eigenvalue weighted by Crippen LogP contribution is -2.31. The summed E-state index contributed by atoms with van der Waals surface area (Å²) in [5.41, 5.74) is 8.40. The van der Waals surface area contributed by atoms with Gasteiger partial charge >= 0.3 is 12.1 Å². The third-order valence-electron chi connectivity index (χ3n) is 5.99. The molecular weight excluding hydrogens is 525 g/mol. The number of carboxylic acid groups (broad SMARTS) is 1. The van der Waals surface area contributed by atoms with E-state index < -0.39 is 12.1 Å². The molecule has 1 amide bonds. The molecule has 11 heteroatoms. The highest BCUT2D eigenvalue weighted by Gasteiger charge is 2.38. The number of aliphatic carboxylic acids is 1. The summed E-state index contributed by atoms with van der Waals surface area (Å²) in [4.78, 5) is 34.4. The molecule has 206 valence electrons. The highest BCUT2D eigenvalue weighted by atomic mass is 19.4. The van der Waals surface area contributed by atoms with Crippen molar-refractivity contribution in [3.8, 4) is 22.5 Å². The van der Waals surface area contributed by atoms with Crippen molar-refractivity contribution in [3.05, 3.63) is 101 Å². The molecule has 1 aliphatic rings. The van der Waals surface area contributed by atoms with Crippen LogP contribution in [-0.2, 0) is 22.7 Å². The van der Waals surface area contributed by atoms with E-state index in [4.69, 9.17) is 14.7 Å².